The summed E-state index contributed by atoms with van der Waals surface area (Å²) in [7, 11) is 0. The summed E-state index contributed by atoms with van der Waals surface area (Å²) in [5, 5.41) is 0. The van der Waals surface area contributed by atoms with Crippen LogP contribution < -0.4 is 4.74 Å². The van der Waals surface area contributed by atoms with E-state index in [0.717, 1.165) is 5.56 Å². The highest BCUT2D eigenvalue weighted by Crippen LogP contribution is 2.40. The zero-order valence-electron chi connectivity index (χ0n) is 9.12. The molecule has 1 aromatic carbocycles. The van der Waals surface area contributed by atoms with Crippen molar-refractivity contribution in [1.82, 2.24) is 0 Å². The first-order chi connectivity index (χ1) is 7.87. The molecule has 1 aliphatic rings. The van der Waals surface area contributed by atoms with Gasteiger partial charge in [0, 0.05) is 18.3 Å². The molecule has 0 spiro atoms. The Balaban J connectivity index is 2.15. The lowest BCUT2D eigenvalue weighted by Crippen LogP contribution is -2.32. The lowest BCUT2D eigenvalue weighted by molar-refractivity contribution is -0.274. The lowest BCUT2D eigenvalue weighted by atomic mass is 9.70. The van der Waals surface area contributed by atoms with E-state index in [1.54, 1.807) is 13.0 Å². The predicted octanol–water partition coefficient (Wildman–Crippen LogP) is 3.28. The van der Waals surface area contributed by atoms with E-state index in [1.807, 2.05) is 0 Å². The lowest BCUT2D eigenvalue weighted by Gasteiger charge is -2.32. The van der Waals surface area contributed by atoms with Gasteiger partial charge in [0.1, 0.15) is 11.5 Å². The molecule has 0 aromatic heterocycles. The molecule has 2 rings (SSSR count). The molecule has 5 heteroatoms. The number of ketones is 1. The van der Waals surface area contributed by atoms with Crippen LogP contribution in [0.2, 0.25) is 0 Å². The number of hydrogen-bond donors (Lipinski definition) is 0. The maximum Gasteiger partial charge on any atom is 0.573 e. The molecule has 0 bridgehead atoms. The summed E-state index contributed by atoms with van der Waals surface area (Å²) in [6.07, 6.45) is -4.28. The first-order valence-corrected chi connectivity index (χ1v) is 5.25. The van der Waals surface area contributed by atoms with E-state index in [9.17, 15) is 18.0 Å². The third-order valence-electron chi connectivity index (χ3n) is 3.05. The fourth-order valence-corrected chi connectivity index (χ4v) is 1.99. The summed E-state index contributed by atoms with van der Waals surface area (Å²) in [6, 6.07) is 5.83. The van der Waals surface area contributed by atoms with Crippen molar-refractivity contribution in [2.45, 2.75) is 25.6 Å². The van der Waals surface area contributed by atoms with Crippen molar-refractivity contribution in [2.24, 2.45) is 5.92 Å². The van der Waals surface area contributed by atoms with Crippen LogP contribution in [0.3, 0.4) is 0 Å². The number of hydrogen-bond acceptors (Lipinski definition) is 2. The average molecular weight is 244 g/mol. The number of halogens is 3. The summed E-state index contributed by atoms with van der Waals surface area (Å²) in [4.78, 5) is 11.1. The van der Waals surface area contributed by atoms with Gasteiger partial charge in [-0.25, -0.2) is 0 Å². The molecule has 92 valence electrons. The molecule has 1 aliphatic carbocycles. The van der Waals surface area contributed by atoms with Gasteiger partial charge in [0.25, 0.3) is 0 Å². The molecular formula is C12H11F3O2. The Hall–Kier alpha value is -1.52. The minimum absolute atomic E-state index is 0.0132. The Morgan fingerprint density at radius 2 is 2.06 bits per heavy atom. The smallest absolute Gasteiger partial charge is 0.406 e. The van der Waals surface area contributed by atoms with Crippen LogP contribution in [0.25, 0.3) is 0 Å². The fourth-order valence-electron chi connectivity index (χ4n) is 1.99. The molecule has 2 nitrogen and oxygen atoms in total. The maximum atomic E-state index is 12.0. The zero-order chi connectivity index (χ0) is 12.6. The van der Waals surface area contributed by atoms with Gasteiger partial charge in [-0.15, -0.1) is 13.2 Å². The quantitative estimate of drug-likeness (QED) is 0.798. The molecule has 0 saturated heterocycles. The second kappa shape index (κ2) is 4.05. The standard InChI is InChI=1S/C12H11F3O2/c1-7-10(6-11(7)16)8-3-2-4-9(5-8)17-12(13,14)15/h2-5,7,10H,6H2,1H3. The van der Waals surface area contributed by atoms with Crippen molar-refractivity contribution < 1.29 is 22.7 Å². The summed E-state index contributed by atoms with van der Waals surface area (Å²) in [5.41, 5.74) is 0.721. The predicted molar refractivity (Wildman–Crippen MR) is 54.7 cm³/mol. The third kappa shape index (κ3) is 2.60. The number of alkyl halides is 3. The van der Waals surface area contributed by atoms with Gasteiger partial charge in [0.2, 0.25) is 0 Å². The normalized spacial score (nSPS) is 24.4. The van der Waals surface area contributed by atoms with Crippen LogP contribution in [0.4, 0.5) is 13.2 Å². The van der Waals surface area contributed by atoms with Gasteiger partial charge in [-0.3, -0.25) is 4.79 Å². The number of carbonyl (C=O) groups is 1. The summed E-state index contributed by atoms with van der Waals surface area (Å²) >= 11 is 0. The fraction of sp³-hybridized carbons (Fsp3) is 0.417. The Morgan fingerprint density at radius 3 is 2.59 bits per heavy atom. The largest absolute Gasteiger partial charge is 0.573 e. The van der Waals surface area contributed by atoms with Crippen molar-refractivity contribution in [2.75, 3.05) is 0 Å². The molecule has 1 fully saturated rings. The second-order valence-electron chi connectivity index (χ2n) is 4.19. The summed E-state index contributed by atoms with van der Waals surface area (Å²) < 4.78 is 39.9. The van der Waals surface area contributed by atoms with Crippen LogP contribution in [0, 0.1) is 5.92 Å². The molecular weight excluding hydrogens is 233 g/mol. The summed E-state index contributed by atoms with van der Waals surface area (Å²) in [5.74, 6) is -0.186. The Labute approximate surface area is 96.4 Å². The van der Waals surface area contributed by atoms with Crippen molar-refractivity contribution in [3.63, 3.8) is 0 Å². The molecule has 2 atom stereocenters. The first-order valence-electron chi connectivity index (χ1n) is 5.25. The van der Waals surface area contributed by atoms with Crippen LogP contribution in [0.1, 0.15) is 24.8 Å². The van der Waals surface area contributed by atoms with Gasteiger partial charge < -0.3 is 4.74 Å². The van der Waals surface area contributed by atoms with E-state index in [2.05, 4.69) is 4.74 Å². The highest BCUT2D eigenvalue weighted by atomic mass is 19.4. The molecule has 2 unspecified atom stereocenters. The minimum Gasteiger partial charge on any atom is -0.406 e. The van der Waals surface area contributed by atoms with Crippen molar-refractivity contribution in [1.29, 1.82) is 0 Å². The molecule has 0 aliphatic heterocycles. The highest BCUT2D eigenvalue weighted by Gasteiger charge is 2.37. The molecule has 1 aromatic rings. The second-order valence-corrected chi connectivity index (χ2v) is 4.19. The van der Waals surface area contributed by atoms with Crippen molar-refractivity contribution >= 4 is 5.78 Å². The van der Waals surface area contributed by atoms with Crippen molar-refractivity contribution in [3.05, 3.63) is 29.8 Å². The average Bonchev–Trinajstić information content (AvgIpc) is 2.23. The van der Waals surface area contributed by atoms with Crippen LogP contribution in [-0.4, -0.2) is 12.1 Å². The van der Waals surface area contributed by atoms with E-state index >= 15 is 0 Å². The molecule has 17 heavy (non-hydrogen) atoms. The van der Waals surface area contributed by atoms with Crippen LogP contribution in [-0.2, 0) is 4.79 Å². The number of ether oxygens (including phenoxy) is 1. The number of benzene rings is 1. The number of carbonyl (C=O) groups excluding carboxylic acids is 1. The SMILES string of the molecule is CC1C(=O)CC1c1cccc(OC(F)(F)F)c1. The Morgan fingerprint density at radius 1 is 1.35 bits per heavy atom. The molecule has 0 amide bonds. The van der Waals surface area contributed by atoms with E-state index in [0.29, 0.717) is 6.42 Å². The highest BCUT2D eigenvalue weighted by molar-refractivity contribution is 5.89. The topological polar surface area (TPSA) is 26.3 Å². The minimum atomic E-state index is -4.68. The van der Waals surface area contributed by atoms with Gasteiger partial charge in [-0.05, 0) is 17.7 Å². The van der Waals surface area contributed by atoms with Crippen LogP contribution in [0.5, 0.6) is 5.75 Å². The molecule has 0 N–H and O–H groups in total. The van der Waals surface area contributed by atoms with Gasteiger partial charge >= 0.3 is 6.36 Å². The third-order valence-corrected chi connectivity index (χ3v) is 3.05. The first kappa shape index (κ1) is 12.0. The van der Waals surface area contributed by atoms with E-state index in [4.69, 9.17) is 0 Å². The Kier molecular flexibility index (Phi) is 2.85. The number of rotatable bonds is 2. The molecule has 1 saturated carbocycles. The van der Waals surface area contributed by atoms with Crippen LogP contribution in [0.15, 0.2) is 24.3 Å². The van der Waals surface area contributed by atoms with Crippen LogP contribution >= 0.6 is 0 Å². The zero-order valence-corrected chi connectivity index (χ0v) is 9.12. The Bertz CT molecular complexity index is 440. The van der Waals surface area contributed by atoms with Gasteiger partial charge in [0.05, 0.1) is 0 Å². The van der Waals surface area contributed by atoms with E-state index < -0.39 is 6.36 Å². The van der Waals surface area contributed by atoms with E-state index in [-0.39, 0.29) is 23.4 Å². The molecule has 0 radical (unpaired) electrons. The van der Waals surface area contributed by atoms with Gasteiger partial charge in [0.15, 0.2) is 0 Å². The van der Waals surface area contributed by atoms with E-state index in [1.165, 1.54) is 18.2 Å². The molecule has 0 heterocycles. The van der Waals surface area contributed by atoms with Gasteiger partial charge in [-0.2, -0.15) is 0 Å². The van der Waals surface area contributed by atoms with Crippen molar-refractivity contribution in [3.8, 4) is 5.75 Å². The van der Waals surface area contributed by atoms with Gasteiger partial charge in [-0.1, -0.05) is 19.1 Å². The monoisotopic (exact) mass is 244 g/mol. The maximum absolute atomic E-state index is 12.0. The summed E-state index contributed by atoms with van der Waals surface area (Å²) in [6.45, 7) is 1.79. The number of Topliss-reactive ketones (excluding diaryl/α,β-unsaturated/α-hetero) is 1.